The van der Waals surface area contributed by atoms with Gasteiger partial charge in [-0.3, -0.25) is 4.90 Å². The minimum Gasteiger partial charge on any atom is -0.298 e. The van der Waals surface area contributed by atoms with Crippen LogP contribution < -0.4 is 4.72 Å². The number of nitrogens with zero attached hydrogens (tertiary/aromatic N) is 1. The monoisotopic (exact) mass is 344 g/mol. The summed E-state index contributed by atoms with van der Waals surface area (Å²) in [5.74, 6) is 0.995. The molecule has 1 aromatic carbocycles. The number of hydrogen-bond acceptors (Lipinski definition) is 3. The van der Waals surface area contributed by atoms with Gasteiger partial charge in [-0.05, 0) is 17.4 Å². The van der Waals surface area contributed by atoms with Crippen molar-refractivity contribution in [2.24, 2.45) is 11.8 Å². The van der Waals surface area contributed by atoms with Gasteiger partial charge in [-0.2, -0.15) is 0 Å². The Kier molecular flexibility index (Phi) is 3.68. The van der Waals surface area contributed by atoms with E-state index in [9.17, 15) is 8.42 Å². The van der Waals surface area contributed by atoms with E-state index in [0.29, 0.717) is 11.8 Å². The molecule has 0 radical (unpaired) electrons. The van der Waals surface area contributed by atoms with E-state index in [1.807, 2.05) is 6.07 Å². The third kappa shape index (κ3) is 3.02. The fraction of sp³-hybridized carbons (Fsp3) is 0.538. The van der Waals surface area contributed by atoms with Crippen molar-refractivity contribution in [1.82, 2.24) is 9.62 Å². The summed E-state index contributed by atoms with van der Waals surface area (Å²) in [6.45, 7) is 2.95. The molecule has 4 nitrogen and oxygen atoms in total. The number of likely N-dealkylation sites (tertiary alicyclic amines) is 1. The average molecular weight is 345 g/mol. The van der Waals surface area contributed by atoms with E-state index in [2.05, 4.69) is 49.8 Å². The van der Waals surface area contributed by atoms with Gasteiger partial charge in [-0.1, -0.05) is 46.3 Å². The van der Waals surface area contributed by atoms with Gasteiger partial charge in [0.1, 0.15) is 4.66 Å². The molecule has 1 aromatic rings. The molecule has 3 rings (SSSR count). The van der Waals surface area contributed by atoms with Crippen LogP contribution in [0.25, 0.3) is 0 Å². The van der Waals surface area contributed by atoms with Crippen molar-refractivity contribution in [1.29, 1.82) is 0 Å². The Morgan fingerprint density at radius 2 is 1.84 bits per heavy atom. The maximum atomic E-state index is 11.5. The fourth-order valence-corrected chi connectivity index (χ4v) is 4.22. The van der Waals surface area contributed by atoms with Gasteiger partial charge in [0, 0.05) is 25.7 Å². The van der Waals surface area contributed by atoms with E-state index in [1.165, 1.54) is 5.56 Å². The van der Waals surface area contributed by atoms with Gasteiger partial charge in [0.05, 0.1) is 0 Å². The van der Waals surface area contributed by atoms with Crippen LogP contribution in [0.5, 0.6) is 0 Å². The highest BCUT2D eigenvalue weighted by Gasteiger charge is 2.56. The number of nitrogens with one attached hydrogen (secondary N) is 1. The smallest absolute Gasteiger partial charge is 0.221 e. The van der Waals surface area contributed by atoms with Gasteiger partial charge in [-0.15, -0.1) is 0 Å². The molecule has 104 valence electrons. The Labute approximate surface area is 122 Å². The Morgan fingerprint density at radius 3 is 2.42 bits per heavy atom. The first-order valence-corrected chi connectivity index (χ1v) is 9.19. The second-order valence-electron chi connectivity index (χ2n) is 5.37. The van der Waals surface area contributed by atoms with Crippen molar-refractivity contribution in [3.63, 3.8) is 0 Å². The zero-order valence-electron chi connectivity index (χ0n) is 10.5. The molecule has 1 aliphatic heterocycles. The lowest BCUT2D eigenvalue weighted by molar-refractivity contribution is 0.287. The highest BCUT2D eigenvalue weighted by Crippen LogP contribution is 2.46. The van der Waals surface area contributed by atoms with E-state index in [0.717, 1.165) is 19.6 Å². The number of fused-ring (bicyclic) bond motifs is 1. The summed E-state index contributed by atoms with van der Waals surface area (Å²) in [5, 5.41) is 0. The van der Waals surface area contributed by atoms with Gasteiger partial charge in [0.25, 0.3) is 0 Å². The molecule has 1 unspecified atom stereocenters. The number of alkyl halides is 1. The lowest BCUT2D eigenvalue weighted by Crippen LogP contribution is -2.34. The summed E-state index contributed by atoms with van der Waals surface area (Å²) in [4.78, 5) is 2.41. The molecule has 0 spiro atoms. The first-order chi connectivity index (χ1) is 9.09. The molecule has 1 aliphatic carbocycles. The van der Waals surface area contributed by atoms with Crippen molar-refractivity contribution in [2.75, 3.05) is 17.8 Å². The van der Waals surface area contributed by atoms with Crippen molar-refractivity contribution in [3.05, 3.63) is 35.9 Å². The van der Waals surface area contributed by atoms with Gasteiger partial charge in [0.15, 0.2) is 0 Å². The van der Waals surface area contributed by atoms with Gasteiger partial charge < -0.3 is 0 Å². The molecule has 1 heterocycles. The zero-order chi connectivity index (χ0) is 13.5. The van der Waals surface area contributed by atoms with Gasteiger partial charge in [-0.25, -0.2) is 13.1 Å². The zero-order valence-corrected chi connectivity index (χ0v) is 12.9. The predicted octanol–water partition coefficient (Wildman–Crippen LogP) is 1.39. The number of rotatable bonds is 5. The van der Waals surface area contributed by atoms with Gasteiger partial charge in [0.2, 0.25) is 10.0 Å². The van der Waals surface area contributed by atoms with Crippen LogP contribution in [0, 0.1) is 11.8 Å². The first kappa shape index (κ1) is 13.5. The molecule has 1 saturated heterocycles. The maximum absolute atomic E-state index is 11.5. The van der Waals surface area contributed by atoms with Crippen molar-refractivity contribution in [2.45, 2.75) is 12.6 Å². The number of hydrogen-bond donors (Lipinski definition) is 1. The van der Waals surface area contributed by atoms with Crippen molar-refractivity contribution < 1.29 is 8.42 Å². The molecular weight excluding hydrogens is 328 g/mol. The number of piperidine rings is 1. The third-order valence-electron chi connectivity index (χ3n) is 3.98. The molecule has 3 atom stereocenters. The molecule has 1 N–H and O–H groups in total. The Hall–Kier alpha value is -0.430. The van der Waals surface area contributed by atoms with E-state index in [-0.39, 0.29) is 10.7 Å². The van der Waals surface area contributed by atoms with Crippen LogP contribution in [0.2, 0.25) is 0 Å². The largest absolute Gasteiger partial charge is 0.298 e. The normalized spacial score (nSPS) is 30.3. The molecule has 1 saturated carbocycles. The average Bonchev–Trinajstić information content (AvgIpc) is 2.85. The summed E-state index contributed by atoms with van der Waals surface area (Å²) in [6.07, 6.45) is 0. The van der Waals surface area contributed by atoms with Crippen LogP contribution in [-0.4, -0.2) is 37.1 Å². The van der Waals surface area contributed by atoms with E-state index in [1.54, 1.807) is 0 Å². The summed E-state index contributed by atoms with van der Waals surface area (Å²) < 4.78 is 25.7. The minimum absolute atomic E-state index is 0.0102. The molecule has 0 amide bonds. The standard InChI is InChI=1S/C13H17BrN2O2S/c14-9-19(17,18)15-13-11-7-16(8-12(11)13)6-10-4-2-1-3-5-10/h1-5,11-13,15H,6-9H2/t11-,12+,13?. The first-order valence-electron chi connectivity index (χ1n) is 6.41. The summed E-state index contributed by atoms with van der Waals surface area (Å²) >= 11 is 3.00. The summed E-state index contributed by atoms with van der Waals surface area (Å²) in [6, 6.07) is 10.6. The molecule has 6 heteroatoms. The molecule has 19 heavy (non-hydrogen) atoms. The van der Waals surface area contributed by atoms with Crippen LogP contribution in [0.3, 0.4) is 0 Å². The number of benzene rings is 1. The molecular formula is C13H17BrN2O2S. The summed E-state index contributed by atoms with van der Waals surface area (Å²) in [7, 11) is -3.13. The molecule has 0 aromatic heterocycles. The molecule has 2 fully saturated rings. The second kappa shape index (κ2) is 5.16. The lowest BCUT2D eigenvalue weighted by Gasteiger charge is -2.19. The Bertz CT molecular complexity index is 537. The predicted molar refractivity (Wildman–Crippen MR) is 78.3 cm³/mol. The Balaban J connectivity index is 1.51. The quantitative estimate of drug-likeness (QED) is 0.821. The van der Waals surface area contributed by atoms with E-state index < -0.39 is 10.0 Å². The fourth-order valence-electron chi connectivity index (χ4n) is 3.00. The highest BCUT2D eigenvalue weighted by atomic mass is 79.9. The van der Waals surface area contributed by atoms with Crippen molar-refractivity contribution >= 4 is 26.0 Å². The van der Waals surface area contributed by atoms with Crippen LogP contribution in [0.1, 0.15) is 5.56 Å². The van der Waals surface area contributed by atoms with Crippen LogP contribution in [-0.2, 0) is 16.6 Å². The van der Waals surface area contributed by atoms with E-state index in [4.69, 9.17) is 0 Å². The molecule has 0 bridgehead atoms. The number of sulfonamides is 1. The lowest BCUT2D eigenvalue weighted by atomic mass is 10.2. The topological polar surface area (TPSA) is 49.4 Å². The number of halogens is 1. The third-order valence-corrected chi connectivity index (χ3v) is 6.70. The summed E-state index contributed by atoms with van der Waals surface area (Å²) in [5.41, 5.74) is 1.32. The SMILES string of the molecule is O=S(=O)(CBr)NC1[C@H]2CN(Cc3ccccc3)C[C@@H]12. The van der Waals surface area contributed by atoms with Crippen LogP contribution in [0.4, 0.5) is 0 Å². The Morgan fingerprint density at radius 1 is 1.21 bits per heavy atom. The van der Waals surface area contributed by atoms with Crippen molar-refractivity contribution in [3.8, 4) is 0 Å². The molecule has 2 aliphatic rings. The van der Waals surface area contributed by atoms with Crippen LogP contribution >= 0.6 is 15.9 Å². The maximum Gasteiger partial charge on any atom is 0.221 e. The van der Waals surface area contributed by atoms with E-state index >= 15 is 0 Å². The highest BCUT2D eigenvalue weighted by molar-refractivity contribution is 9.10. The minimum atomic E-state index is -3.13. The second-order valence-corrected chi connectivity index (χ2v) is 8.43. The van der Waals surface area contributed by atoms with Crippen LogP contribution in [0.15, 0.2) is 30.3 Å². The van der Waals surface area contributed by atoms with Gasteiger partial charge >= 0.3 is 0 Å².